The summed E-state index contributed by atoms with van der Waals surface area (Å²) >= 11 is 0. The first-order valence-electron chi connectivity index (χ1n) is 11.0. The summed E-state index contributed by atoms with van der Waals surface area (Å²) in [5, 5.41) is 2.87. The minimum absolute atomic E-state index is 0.0854. The second kappa shape index (κ2) is 8.42. The molecule has 0 unspecified atom stereocenters. The maximum Gasteiger partial charge on any atom is 0.255 e. The van der Waals surface area contributed by atoms with Gasteiger partial charge in [-0.3, -0.25) is 14.6 Å². The average Bonchev–Trinajstić information content (AvgIpc) is 3.19. The van der Waals surface area contributed by atoms with Crippen molar-refractivity contribution in [1.82, 2.24) is 9.88 Å². The van der Waals surface area contributed by atoms with Crippen molar-refractivity contribution in [2.45, 2.75) is 24.7 Å². The van der Waals surface area contributed by atoms with E-state index >= 15 is 0 Å². The third-order valence-electron chi connectivity index (χ3n) is 6.60. The second-order valence-electron chi connectivity index (χ2n) is 8.52. The lowest BCUT2D eigenvalue weighted by atomic mass is 9.74. The van der Waals surface area contributed by atoms with Crippen LogP contribution < -0.4 is 5.32 Å². The molecule has 3 aromatic rings. The van der Waals surface area contributed by atoms with E-state index in [1.54, 1.807) is 24.5 Å². The van der Waals surface area contributed by atoms with Gasteiger partial charge in [0.25, 0.3) is 5.91 Å². The molecule has 32 heavy (non-hydrogen) atoms. The van der Waals surface area contributed by atoms with Crippen molar-refractivity contribution in [2.24, 2.45) is 0 Å². The van der Waals surface area contributed by atoms with Gasteiger partial charge >= 0.3 is 0 Å². The fourth-order valence-electron chi connectivity index (χ4n) is 4.72. The molecule has 2 aromatic carbocycles. The Morgan fingerprint density at radius 1 is 0.938 bits per heavy atom. The highest BCUT2D eigenvalue weighted by Crippen LogP contribution is 2.43. The summed E-state index contributed by atoms with van der Waals surface area (Å²) in [7, 11) is 0. The number of benzene rings is 2. The summed E-state index contributed by atoms with van der Waals surface area (Å²) in [6.07, 6.45) is 10.0. The molecule has 2 aliphatic rings. The van der Waals surface area contributed by atoms with Crippen LogP contribution in [-0.4, -0.2) is 34.8 Å². The van der Waals surface area contributed by atoms with Gasteiger partial charge in [-0.15, -0.1) is 0 Å². The van der Waals surface area contributed by atoms with Crippen molar-refractivity contribution in [3.05, 3.63) is 101 Å². The van der Waals surface area contributed by atoms with Gasteiger partial charge in [0.1, 0.15) is 0 Å². The molecule has 1 spiro atoms. The van der Waals surface area contributed by atoms with E-state index in [0.717, 1.165) is 31.5 Å². The third-order valence-corrected chi connectivity index (χ3v) is 6.60. The van der Waals surface area contributed by atoms with Crippen LogP contribution in [0.2, 0.25) is 0 Å². The summed E-state index contributed by atoms with van der Waals surface area (Å²) in [6.45, 7) is 1.55. The summed E-state index contributed by atoms with van der Waals surface area (Å²) < 4.78 is 0. The predicted octanol–water partition coefficient (Wildman–Crippen LogP) is 4.46. The molecule has 1 N–H and O–H groups in total. The lowest BCUT2D eigenvalue weighted by Crippen LogP contribution is -2.44. The van der Waals surface area contributed by atoms with Crippen LogP contribution in [0.5, 0.6) is 0 Å². The molecule has 0 radical (unpaired) electrons. The van der Waals surface area contributed by atoms with Crippen LogP contribution in [0.15, 0.2) is 79.1 Å². The van der Waals surface area contributed by atoms with E-state index in [9.17, 15) is 9.59 Å². The molecule has 1 saturated heterocycles. The van der Waals surface area contributed by atoms with E-state index in [1.807, 2.05) is 29.2 Å². The van der Waals surface area contributed by atoms with Crippen LogP contribution in [-0.2, 0) is 16.6 Å². The molecule has 1 aliphatic carbocycles. The topological polar surface area (TPSA) is 62.3 Å². The first-order chi connectivity index (χ1) is 15.6. The van der Waals surface area contributed by atoms with E-state index < -0.39 is 0 Å². The van der Waals surface area contributed by atoms with Crippen LogP contribution in [0.4, 0.5) is 5.69 Å². The molecule has 5 nitrogen and oxygen atoms in total. The van der Waals surface area contributed by atoms with E-state index in [-0.39, 0.29) is 17.2 Å². The van der Waals surface area contributed by atoms with Gasteiger partial charge in [-0.2, -0.15) is 0 Å². The van der Waals surface area contributed by atoms with Gasteiger partial charge in [0.15, 0.2) is 0 Å². The van der Waals surface area contributed by atoms with Gasteiger partial charge in [0, 0.05) is 42.1 Å². The van der Waals surface area contributed by atoms with Crippen molar-refractivity contribution < 1.29 is 9.59 Å². The van der Waals surface area contributed by atoms with Gasteiger partial charge < -0.3 is 10.2 Å². The Labute approximate surface area is 187 Å². The number of carbonyl (C=O) groups excluding carboxylic acids is 2. The molecule has 2 heterocycles. The summed E-state index contributed by atoms with van der Waals surface area (Å²) in [5.74, 6) is -0.0234. The lowest BCUT2D eigenvalue weighted by molar-refractivity contribution is -0.131. The van der Waals surface area contributed by atoms with Gasteiger partial charge in [0.05, 0.1) is 6.42 Å². The number of nitrogens with one attached hydrogen (secondary N) is 1. The largest absolute Gasteiger partial charge is 0.342 e. The smallest absolute Gasteiger partial charge is 0.255 e. The zero-order valence-electron chi connectivity index (χ0n) is 17.8. The minimum atomic E-state index is -0.180. The molecule has 2 amide bonds. The van der Waals surface area contributed by atoms with Crippen LogP contribution in [0.25, 0.3) is 6.08 Å². The molecule has 0 saturated carbocycles. The number of pyridine rings is 1. The average molecular weight is 424 g/mol. The number of piperidine rings is 1. The quantitative estimate of drug-likeness (QED) is 0.674. The Bertz CT molecular complexity index is 1160. The van der Waals surface area contributed by atoms with E-state index in [0.29, 0.717) is 17.7 Å². The van der Waals surface area contributed by atoms with Crippen molar-refractivity contribution in [3.8, 4) is 0 Å². The SMILES string of the molecule is O=C(Nc1ccc(CC(=O)N2CCC3(C=Cc4ccccc43)CC2)cc1)c1ccncc1. The van der Waals surface area contributed by atoms with Crippen LogP contribution >= 0.6 is 0 Å². The Hall–Kier alpha value is -3.73. The minimum Gasteiger partial charge on any atom is -0.342 e. The fourth-order valence-corrected chi connectivity index (χ4v) is 4.72. The first-order valence-corrected chi connectivity index (χ1v) is 11.0. The van der Waals surface area contributed by atoms with Crippen LogP contribution in [0.3, 0.4) is 0 Å². The third kappa shape index (κ3) is 3.94. The Morgan fingerprint density at radius 3 is 2.41 bits per heavy atom. The summed E-state index contributed by atoms with van der Waals surface area (Å²) in [6, 6.07) is 19.4. The van der Waals surface area contributed by atoms with Gasteiger partial charge in [0.2, 0.25) is 5.91 Å². The molecule has 1 aliphatic heterocycles. The molecular weight excluding hydrogens is 398 g/mol. The second-order valence-corrected chi connectivity index (χ2v) is 8.52. The zero-order valence-corrected chi connectivity index (χ0v) is 17.8. The molecule has 160 valence electrons. The zero-order chi connectivity index (χ0) is 22.0. The van der Waals surface area contributed by atoms with Crippen molar-refractivity contribution in [1.29, 1.82) is 0 Å². The predicted molar refractivity (Wildman–Crippen MR) is 125 cm³/mol. The van der Waals surface area contributed by atoms with Gasteiger partial charge in [-0.1, -0.05) is 48.6 Å². The number of fused-ring (bicyclic) bond motifs is 2. The monoisotopic (exact) mass is 423 g/mol. The molecule has 0 bridgehead atoms. The number of anilines is 1. The molecule has 0 atom stereocenters. The molecule has 1 fully saturated rings. The summed E-state index contributed by atoms with van der Waals surface area (Å²) in [5.41, 5.74) is 5.00. The number of rotatable bonds is 4. The van der Waals surface area contributed by atoms with Crippen molar-refractivity contribution in [2.75, 3.05) is 18.4 Å². The van der Waals surface area contributed by atoms with Crippen molar-refractivity contribution in [3.63, 3.8) is 0 Å². The maximum atomic E-state index is 12.9. The van der Waals surface area contributed by atoms with Crippen LogP contribution in [0.1, 0.15) is 39.9 Å². The maximum absolute atomic E-state index is 12.9. The van der Waals surface area contributed by atoms with E-state index in [1.165, 1.54) is 11.1 Å². The standard InChI is InChI=1S/C27H25N3O2/c31-25(30-17-13-27(14-18-30)12-9-21-3-1-2-4-24(21)27)19-20-5-7-23(8-6-20)29-26(32)22-10-15-28-16-11-22/h1-12,15-16H,13-14,17-19H2,(H,29,32). The number of allylic oxidation sites excluding steroid dienone is 1. The Morgan fingerprint density at radius 2 is 1.66 bits per heavy atom. The summed E-state index contributed by atoms with van der Waals surface area (Å²) in [4.78, 5) is 31.1. The molecule has 5 heteroatoms. The highest BCUT2D eigenvalue weighted by atomic mass is 16.2. The highest BCUT2D eigenvalue weighted by molar-refractivity contribution is 6.04. The fraction of sp³-hybridized carbons (Fsp3) is 0.222. The van der Waals surface area contributed by atoms with Crippen LogP contribution in [0, 0.1) is 0 Å². The number of hydrogen-bond acceptors (Lipinski definition) is 3. The molecular formula is C27H25N3O2. The Kier molecular flexibility index (Phi) is 5.31. The number of aromatic nitrogens is 1. The highest BCUT2D eigenvalue weighted by Gasteiger charge is 2.38. The lowest BCUT2D eigenvalue weighted by Gasteiger charge is -2.39. The first kappa shape index (κ1) is 20.2. The van der Waals surface area contributed by atoms with E-state index in [4.69, 9.17) is 0 Å². The van der Waals surface area contributed by atoms with Gasteiger partial charge in [-0.05, 0) is 53.8 Å². The molecule has 1 aromatic heterocycles. The number of nitrogens with zero attached hydrogens (tertiary/aromatic N) is 2. The van der Waals surface area contributed by atoms with Gasteiger partial charge in [-0.25, -0.2) is 0 Å². The number of hydrogen-bond donors (Lipinski definition) is 1. The molecule has 5 rings (SSSR count). The Balaban J connectivity index is 1.17. The number of amides is 2. The van der Waals surface area contributed by atoms with Crippen molar-refractivity contribution >= 4 is 23.6 Å². The normalized spacial score (nSPS) is 16.1. The number of carbonyl (C=O) groups is 2. The van der Waals surface area contributed by atoms with E-state index in [2.05, 4.69) is 46.7 Å². The number of likely N-dealkylation sites (tertiary alicyclic amines) is 1.